The zero-order valence-electron chi connectivity index (χ0n) is 17.3. The molecule has 2 aromatic rings. The van der Waals surface area contributed by atoms with Gasteiger partial charge in [-0.25, -0.2) is 9.69 Å². The second-order valence-corrected chi connectivity index (χ2v) is 7.84. The summed E-state index contributed by atoms with van der Waals surface area (Å²) in [5.74, 6) is 0.0451. The lowest BCUT2D eigenvalue weighted by Gasteiger charge is -2.13. The molecule has 0 atom stereocenters. The van der Waals surface area contributed by atoms with Crippen LogP contribution in [0.1, 0.15) is 19.4 Å². The zero-order valence-corrected chi connectivity index (χ0v) is 18.9. The molecule has 8 nitrogen and oxygen atoms in total. The lowest BCUT2D eigenvalue weighted by atomic mass is 10.2. The first-order valence-corrected chi connectivity index (χ1v) is 10.3. The number of rotatable bonds is 7. The van der Waals surface area contributed by atoms with Crippen LogP contribution in [0.5, 0.6) is 11.5 Å². The average Bonchev–Trinajstić information content (AvgIpc) is 2.97. The molecule has 0 radical (unpaired) electrons. The van der Waals surface area contributed by atoms with E-state index in [4.69, 9.17) is 9.47 Å². The van der Waals surface area contributed by atoms with Crippen LogP contribution in [0.25, 0.3) is 6.08 Å². The molecule has 0 aliphatic carbocycles. The summed E-state index contributed by atoms with van der Waals surface area (Å²) >= 11 is 3.44. The average molecular weight is 488 g/mol. The van der Waals surface area contributed by atoms with Gasteiger partial charge in [-0.1, -0.05) is 18.2 Å². The first-order chi connectivity index (χ1) is 14.8. The van der Waals surface area contributed by atoms with Gasteiger partial charge in [0.1, 0.15) is 23.7 Å². The first kappa shape index (κ1) is 22.4. The molecule has 1 aliphatic heterocycles. The number of amides is 4. The third-order valence-electron chi connectivity index (χ3n) is 4.27. The first-order valence-electron chi connectivity index (χ1n) is 9.52. The minimum Gasteiger partial charge on any atom is -0.495 e. The van der Waals surface area contributed by atoms with Gasteiger partial charge in [0.05, 0.1) is 23.4 Å². The molecule has 31 heavy (non-hydrogen) atoms. The third-order valence-corrected chi connectivity index (χ3v) is 4.89. The van der Waals surface area contributed by atoms with Crippen molar-refractivity contribution in [1.29, 1.82) is 0 Å². The van der Waals surface area contributed by atoms with Crippen molar-refractivity contribution in [2.24, 2.45) is 0 Å². The number of para-hydroxylation sites is 2. The Balaban J connectivity index is 1.70. The number of ether oxygens (including phenoxy) is 2. The summed E-state index contributed by atoms with van der Waals surface area (Å²) in [5, 5.41) is 5.15. The summed E-state index contributed by atoms with van der Waals surface area (Å²) in [5.41, 5.74) is 1.22. The van der Waals surface area contributed by atoms with Crippen molar-refractivity contribution in [3.8, 4) is 11.5 Å². The number of halogens is 1. The maximum Gasteiger partial charge on any atom is 0.329 e. The molecular formula is C22H22BrN3O5. The van der Waals surface area contributed by atoms with Crippen molar-refractivity contribution in [3.63, 3.8) is 0 Å². The molecule has 0 spiro atoms. The molecular weight excluding hydrogens is 466 g/mol. The second kappa shape index (κ2) is 9.65. The Labute approximate surface area is 188 Å². The van der Waals surface area contributed by atoms with Crippen LogP contribution < -0.4 is 20.1 Å². The Morgan fingerprint density at radius 3 is 2.61 bits per heavy atom. The van der Waals surface area contributed by atoms with E-state index in [1.165, 1.54) is 7.11 Å². The fraction of sp³-hybridized carbons (Fsp3) is 0.227. The Hall–Kier alpha value is -3.33. The van der Waals surface area contributed by atoms with E-state index in [9.17, 15) is 14.4 Å². The van der Waals surface area contributed by atoms with Crippen LogP contribution in [0, 0.1) is 0 Å². The molecule has 2 aromatic carbocycles. The molecule has 0 aromatic heterocycles. The minimum absolute atomic E-state index is 0.0201. The van der Waals surface area contributed by atoms with E-state index in [-0.39, 0.29) is 11.8 Å². The van der Waals surface area contributed by atoms with E-state index in [0.717, 1.165) is 9.37 Å². The molecule has 3 rings (SSSR count). The molecule has 9 heteroatoms. The standard InChI is InChI=1S/C22H22BrN3O5/c1-13(2)31-18-9-8-14(10-15(18)23)11-17-21(28)26(22(29)25-17)12-20(27)24-16-6-4-5-7-19(16)30-3/h4-11,13H,12H2,1-3H3,(H,24,27)(H,25,29)/b17-11+. The third kappa shape index (κ3) is 5.43. The van der Waals surface area contributed by atoms with Gasteiger partial charge in [0.15, 0.2) is 0 Å². The van der Waals surface area contributed by atoms with Crippen molar-refractivity contribution in [2.75, 3.05) is 19.0 Å². The maximum absolute atomic E-state index is 12.7. The van der Waals surface area contributed by atoms with Crippen LogP contribution in [0.4, 0.5) is 10.5 Å². The van der Waals surface area contributed by atoms with Crippen LogP contribution in [-0.2, 0) is 9.59 Å². The lowest BCUT2D eigenvalue weighted by Crippen LogP contribution is -2.38. The Bertz CT molecular complexity index is 1050. The van der Waals surface area contributed by atoms with E-state index in [2.05, 4.69) is 26.6 Å². The van der Waals surface area contributed by atoms with Crippen molar-refractivity contribution < 1.29 is 23.9 Å². The normalized spacial score (nSPS) is 14.7. The second-order valence-electron chi connectivity index (χ2n) is 6.98. The Morgan fingerprint density at radius 2 is 1.94 bits per heavy atom. The summed E-state index contributed by atoms with van der Waals surface area (Å²) < 4.78 is 11.6. The molecule has 0 bridgehead atoms. The van der Waals surface area contributed by atoms with Crippen molar-refractivity contribution >= 4 is 45.5 Å². The summed E-state index contributed by atoms with van der Waals surface area (Å²) in [6, 6.07) is 11.5. The minimum atomic E-state index is -0.662. The highest BCUT2D eigenvalue weighted by Gasteiger charge is 2.35. The topological polar surface area (TPSA) is 97.0 Å². The summed E-state index contributed by atoms with van der Waals surface area (Å²) in [7, 11) is 1.49. The van der Waals surface area contributed by atoms with E-state index >= 15 is 0 Å². The molecule has 1 saturated heterocycles. The molecule has 2 N–H and O–H groups in total. The number of nitrogens with one attached hydrogen (secondary N) is 2. The number of hydrogen-bond donors (Lipinski definition) is 2. The molecule has 1 heterocycles. The van der Waals surface area contributed by atoms with Gasteiger partial charge in [0.25, 0.3) is 5.91 Å². The maximum atomic E-state index is 12.7. The van der Waals surface area contributed by atoms with Gasteiger partial charge in [-0.2, -0.15) is 0 Å². The fourth-order valence-corrected chi connectivity index (χ4v) is 3.41. The van der Waals surface area contributed by atoms with Crippen LogP contribution in [-0.4, -0.2) is 42.5 Å². The highest BCUT2D eigenvalue weighted by molar-refractivity contribution is 9.10. The number of benzene rings is 2. The Kier molecular flexibility index (Phi) is 6.96. The number of hydrogen-bond acceptors (Lipinski definition) is 5. The monoisotopic (exact) mass is 487 g/mol. The Morgan fingerprint density at radius 1 is 1.19 bits per heavy atom. The van der Waals surface area contributed by atoms with Gasteiger partial charge in [-0.05, 0) is 65.7 Å². The fourth-order valence-electron chi connectivity index (χ4n) is 2.92. The molecule has 0 unspecified atom stereocenters. The smallest absolute Gasteiger partial charge is 0.329 e. The summed E-state index contributed by atoms with van der Waals surface area (Å²) in [6.07, 6.45) is 1.56. The van der Waals surface area contributed by atoms with Gasteiger partial charge < -0.3 is 20.1 Å². The van der Waals surface area contributed by atoms with Gasteiger partial charge >= 0.3 is 6.03 Å². The molecule has 0 saturated carbocycles. The van der Waals surface area contributed by atoms with Crippen LogP contribution >= 0.6 is 15.9 Å². The largest absolute Gasteiger partial charge is 0.495 e. The van der Waals surface area contributed by atoms with Gasteiger partial charge in [0.2, 0.25) is 5.91 Å². The predicted octanol–water partition coefficient (Wildman–Crippen LogP) is 3.78. The van der Waals surface area contributed by atoms with E-state index < -0.39 is 24.4 Å². The molecule has 162 valence electrons. The SMILES string of the molecule is COc1ccccc1NC(=O)CN1C(=O)N/C(=C/c2ccc(OC(C)C)c(Br)c2)C1=O. The molecule has 4 amide bonds. The van der Waals surface area contributed by atoms with Gasteiger partial charge in [-0.15, -0.1) is 0 Å². The van der Waals surface area contributed by atoms with Crippen molar-refractivity contribution in [2.45, 2.75) is 20.0 Å². The highest BCUT2D eigenvalue weighted by Crippen LogP contribution is 2.28. The highest BCUT2D eigenvalue weighted by atomic mass is 79.9. The zero-order chi connectivity index (χ0) is 22.5. The van der Waals surface area contributed by atoms with Gasteiger partial charge in [0, 0.05) is 0 Å². The lowest BCUT2D eigenvalue weighted by molar-refractivity contribution is -0.127. The van der Waals surface area contributed by atoms with E-state index in [1.807, 2.05) is 13.8 Å². The number of imide groups is 1. The number of nitrogens with zero attached hydrogens (tertiary/aromatic N) is 1. The van der Waals surface area contributed by atoms with Crippen molar-refractivity contribution in [1.82, 2.24) is 10.2 Å². The number of carbonyl (C=O) groups excluding carboxylic acids is 3. The number of anilines is 1. The summed E-state index contributed by atoms with van der Waals surface area (Å²) in [4.78, 5) is 38.2. The quantitative estimate of drug-likeness (QED) is 0.457. The molecule has 1 fully saturated rings. The van der Waals surface area contributed by atoms with Crippen LogP contribution in [0.2, 0.25) is 0 Å². The summed E-state index contributed by atoms with van der Waals surface area (Å²) in [6.45, 7) is 3.42. The number of urea groups is 1. The van der Waals surface area contributed by atoms with Crippen LogP contribution in [0.3, 0.4) is 0 Å². The predicted molar refractivity (Wildman–Crippen MR) is 120 cm³/mol. The molecule has 1 aliphatic rings. The number of carbonyl (C=O) groups is 3. The number of methoxy groups -OCH3 is 1. The van der Waals surface area contributed by atoms with Gasteiger partial charge in [-0.3, -0.25) is 9.59 Å². The van der Waals surface area contributed by atoms with Crippen molar-refractivity contribution in [3.05, 3.63) is 58.2 Å². The van der Waals surface area contributed by atoms with Crippen LogP contribution in [0.15, 0.2) is 52.6 Å². The van der Waals surface area contributed by atoms with E-state index in [0.29, 0.717) is 22.7 Å². The van der Waals surface area contributed by atoms with E-state index in [1.54, 1.807) is 48.5 Å².